The highest BCUT2D eigenvalue weighted by Gasteiger charge is 2.22. The number of pyridine rings is 2. The SMILES string of the molecule is c1cncc(COCc2cncc3c2CCN(CC2CCCCC2)C3)c1. The molecule has 0 bridgehead atoms. The summed E-state index contributed by atoms with van der Waals surface area (Å²) in [6.07, 6.45) is 16.0. The van der Waals surface area contributed by atoms with E-state index in [1.807, 2.05) is 18.5 Å². The number of aromatic nitrogens is 2. The summed E-state index contributed by atoms with van der Waals surface area (Å²) in [6, 6.07) is 4.00. The Hall–Kier alpha value is -1.78. The van der Waals surface area contributed by atoms with Gasteiger partial charge in [-0.05, 0) is 53.5 Å². The molecule has 0 saturated heterocycles. The maximum atomic E-state index is 5.93. The molecule has 0 atom stereocenters. The molecule has 1 aliphatic carbocycles. The summed E-state index contributed by atoms with van der Waals surface area (Å²) in [4.78, 5) is 11.3. The summed E-state index contributed by atoms with van der Waals surface area (Å²) in [5.74, 6) is 0.907. The topological polar surface area (TPSA) is 38.3 Å². The van der Waals surface area contributed by atoms with Gasteiger partial charge in [0.05, 0.1) is 13.2 Å². The Morgan fingerprint density at radius 3 is 2.81 bits per heavy atom. The minimum absolute atomic E-state index is 0.602. The van der Waals surface area contributed by atoms with E-state index >= 15 is 0 Å². The van der Waals surface area contributed by atoms with E-state index in [9.17, 15) is 0 Å². The second-order valence-electron chi connectivity index (χ2n) is 7.78. The van der Waals surface area contributed by atoms with Gasteiger partial charge >= 0.3 is 0 Å². The Bertz CT molecular complexity index is 698. The van der Waals surface area contributed by atoms with Crippen LogP contribution in [0.25, 0.3) is 0 Å². The van der Waals surface area contributed by atoms with E-state index in [1.165, 1.54) is 61.9 Å². The van der Waals surface area contributed by atoms with Crippen molar-refractivity contribution in [2.24, 2.45) is 5.92 Å². The first-order chi connectivity index (χ1) is 12.9. The van der Waals surface area contributed by atoms with Gasteiger partial charge < -0.3 is 4.74 Å². The molecule has 0 N–H and O–H groups in total. The fourth-order valence-electron chi connectivity index (χ4n) is 4.40. The lowest BCUT2D eigenvalue weighted by molar-refractivity contribution is 0.105. The van der Waals surface area contributed by atoms with E-state index in [0.29, 0.717) is 13.2 Å². The summed E-state index contributed by atoms with van der Waals surface area (Å²) in [5.41, 5.74) is 5.23. The highest BCUT2D eigenvalue weighted by molar-refractivity contribution is 5.33. The molecule has 1 saturated carbocycles. The molecule has 138 valence electrons. The third-order valence-electron chi connectivity index (χ3n) is 5.80. The molecular weight excluding hydrogens is 322 g/mol. The Labute approximate surface area is 156 Å². The predicted molar refractivity (Wildman–Crippen MR) is 103 cm³/mol. The largest absolute Gasteiger partial charge is 0.372 e. The van der Waals surface area contributed by atoms with Gasteiger partial charge in [-0.2, -0.15) is 0 Å². The van der Waals surface area contributed by atoms with Crippen LogP contribution in [-0.2, 0) is 30.9 Å². The van der Waals surface area contributed by atoms with Crippen molar-refractivity contribution in [3.8, 4) is 0 Å². The summed E-state index contributed by atoms with van der Waals surface area (Å²) < 4.78 is 5.93. The average molecular weight is 351 g/mol. The standard InChI is InChI=1S/C22H29N3O/c1-2-5-18(6-3-1)14-25-10-8-22-20(15-25)12-24-13-21(22)17-26-16-19-7-4-9-23-11-19/h4,7,9,11-13,18H,1-3,5-6,8,10,14-17H2. The normalized spacial score (nSPS) is 18.6. The third-order valence-corrected chi connectivity index (χ3v) is 5.80. The molecule has 0 radical (unpaired) electrons. The minimum atomic E-state index is 0.602. The Morgan fingerprint density at radius 2 is 1.96 bits per heavy atom. The van der Waals surface area contributed by atoms with E-state index < -0.39 is 0 Å². The van der Waals surface area contributed by atoms with Crippen molar-refractivity contribution in [2.45, 2.75) is 58.3 Å². The van der Waals surface area contributed by atoms with E-state index in [1.54, 1.807) is 6.20 Å². The van der Waals surface area contributed by atoms with Crippen LogP contribution in [0.5, 0.6) is 0 Å². The van der Waals surface area contributed by atoms with Gasteiger partial charge in [-0.15, -0.1) is 0 Å². The number of nitrogens with zero attached hydrogens (tertiary/aromatic N) is 3. The summed E-state index contributed by atoms with van der Waals surface area (Å²) in [5, 5.41) is 0. The van der Waals surface area contributed by atoms with Gasteiger partial charge in [0.15, 0.2) is 0 Å². The van der Waals surface area contributed by atoms with Gasteiger partial charge in [-0.1, -0.05) is 25.3 Å². The highest BCUT2D eigenvalue weighted by atomic mass is 16.5. The Balaban J connectivity index is 1.34. The monoisotopic (exact) mass is 351 g/mol. The van der Waals surface area contributed by atoms with Crippen molar-refractivity contribution in [1.29, 1.82) is 0 Å². The zero-order valence-corrected chi connectivity index (χ0v) is 15.6. The third kappa shape index (κ3) is 4.49. The lowest BCUT2D eigenvalue weighted by Crippen LogP contribution is -2.35. The van der Waals surface area contributed by atoms with Crippen molar-refractivity contribution in [2.75, 3.05) is 13.1 Å². The first kappa shape index (κ1) is 17.6. The molecule has 0 amide bonds. The highest BCUT2D eigenvalue weighted by Crippen LogP contribution is 2.28. The van der Waals surface area contributed by atoms with Crippen LogP contribution in [0.3, 0.4) is 0 Å². The van der Waals surface area contributed by atoms with Crippen LogP contribution in [-0.4, -0.2) is 28.0 Å². The molecule has 3 heterocycles. The van der Waals surface area contributed by atoms with Gasteiger partial charge in [0.1, 0.15) is 0 Å². The number of rotatable bonds is 6. The molecule has 0 spiro atoms. The van der Waals surface area contributed by atoms with Gasteiger partial charge in [0.2, 0.25) is 0 Å². The summed E-state index contributed by atoms with van der Waals surface area (Å²) in [7, 11) is 0. The lowest BCUT2D eigenvalue weighted by Gasteiger charge is -2.33. The first-order valence-corrected chi connectivity index (χ1v) is 10.0. The van der Waals surface area contributed by atoms with E-state index in [4.69, 9.17) is 4.74 Å². The molecule has 1 fully saturated rings. The van der Waals surface area contributed by atoms with Gasteiger partial charge in [-0.25, -0.2) is 0 Å². The van der Waals surface area contributed by atoms with Crippen LogP contribution in [0.1, 0.15) is 54.4 Å². The second kappa shape index (κ2) is 8.74. The van der Waals surface area contributed by atoms with Crippen molar-refractivity contribution >= 4 is 0 Å². The van der Waals surface area contributed by atoms with E-state index in [0.717, 1.165) is 24.4 Å². The summed E-state index contributed by atoms with van der Waals surface area (Å²) >= 11 is 0. The quantitative estimate of drug-likeness (QED) is 0.784. The zero-order valence-electron chi connectivity index (χ0n) is 15.6. The maximum absolute atomic E-state index is 5.93. The van der Waals surface area contributed by atoms with Gasteiger partial charge in [-0.3, -0.25) is 14.9 Å². The smallest absolute Gasteiger partial charge is 0.0739 e. The van der Waals surface area contributed by atoms with Gasteiger partial charge in [0.25, 0.3) is 0 Å². The van der Waals surface area contributed by atoms with E-state index in [2.05, 4.69) is 27.1 Å². The van der Waals surface area contributed by atoms with Crippen LogP contribution in [0.4, 0.5) is 0 Å². The molecule has 0 unspecified atom stereocenters. The van der Waals surface area contributed by atoms with Crippen LogP contribution < -0.4 is 0 Å². The number of hydrogen-bond acceptors (Lipinski definition) is 4. The zero-order chi connectivity index (χ0) is 17.6. The Morgan fingerprint density at radius 1 is 1.04 bits per heavy atom. The summed E-state index contributed by atoms with van der Waals surface area (Å²) in [6.45, 7) is 4.72. The average Bonchev–Trinajstić information content (AvgIpc) is 2.70. The van der Waals surface area contributed by atoms with Crippen molar-refractivity contribution in [1.82, 2.24) is 14.9 Å². The van der Waals surface area contributed by atoms with Crippen LogP contribution in [0.15, 0.2) is 36.9 Å². The predicted octanol–water partition coefficient (Wildman–Crippen LogP) is 4.13. The van der Waals surface area contributed by atoms with E-state index in [-0.39, 0.29) is 0 Å². The van der Waals surface area contributed by atoms with Crippen molar-refractivity contribution in [3.05, 3.63) is 59.2 Å². The van der Waals surface area contributed by atoms with Crippen LogP contribution >= 0.6 is 0 Å². The number of ether oxygens (including phenoxy) is 1. The second-order valence-corrected chi connectivity index (χ2v) is 7.78. The number of fused-ring (bicyclic) bond motifs is 1. The molecule has 2 aromatic heterocycles. The first-order valence-electron chi connectivity index (χ1n) is 10.0. The van der Waals surface area contributed by atoms with Crippen molar-refractivity contribution in [3.63, 3.8) is 0 Å². The molecule has 1 aliphatic heterocycles. The molecule has 4 rings (SSSR count). The van der Waals surface area contributed by atoms with Crippen LogP contribution in [0.2, 0.25) is 0 Å². The Kier molecular flexibility index (Phi) is 5.92. The molecule has 2 aliphatic rings. The molecule has 26 heavy (non-hydrogen) atoms. The molecule has 4 nitrogen and oxygen atoms in total. The fourth-order valence-corrected chi connectivity index (χ4v) is 4.40. The molecule has 2 aromatic rings. The van der Waals surface area contributed by atoms with Crippen LogP contribution in [0, 0.1) is 5.92 Å². The molecule has 4 heteroatoms. The van der Waals surface area contributed by atoms with Gasteiger partial charge in [0, 0.05) is 44.4 Å². The molecule has 0 aromatic carbocycles. The fraction of sp³-hybridized carbons (Fsp3) is 0.545. The maximum Gasteiger partial charge on any atom is 0.0739 e. The lowest BCUT2D eigenvalue weighted by atomic mass is 9.88. The van der Waals surface area contributed by atoms with Crippen molar-refractivity contribution < 1.29 is 4.74 Å². The minimum Gasteiger partial charge on any atom is -0.372 e. The number of hydrogen-bond donors (Lipinski definition) is 0. The molecular formula is C22H29N3O.